The molecule has 0 spiro atoms. The van der Waals surface area contributed by atoms with Gasteiger partial charge in [0.15, 0.2) is 5.65 Å². The third kappa shape index (κ3) is 3.82. The first-order valence-electron chi connectivity index (χ1n) is 10.7. The van der Waals surface area contributed by atoms with Crippen LogP contribution in [-0.4, -0.2) is 52.6 Å². The minimum absolute atomic E-state index is 0.145. The van der Waals surface area contributed by atoms with Crippen LogP contribution in [0.2, 0.25) is 0 Å². The second-order valence-corrected chi connectivity index (χ2v) is 7.81. The average molecular weight is 412 g/mol. The summed E-state index contributed by atoms with van der Waals surface area (Å²) in [5.74, 6) is 0.609. The van der Waals surface area contributed by atoms with Gasteiger partial charge in [-0.25, -0.2) is 4.98 Å². The number of likely N-dealkylation sites (N-methyl/N-ethyl adjacent to an activating group) is 1. The molecule has 1 fully saturated rings. The highest BCUT2D eigenvalue weighted by atomic mass is 16.1. The van der Waals surface area contributed by atoms with Gasteiger partial charge in [0.05, 0.1) is 5.39 Å². The molecular weight excluding hydrogens is 386 g/mol. The van der Waals surface area contributed by atoms with Crippen molar-refractivity contribution in [1.29, 1.82) is 0 Å². The fraction of sp³-hybridized carbons (Fsp3) is 0.240. The zero-order valence-corrected chi connectivity index (χ0v) is 17.6. The Labute approximate surface area is 181 Å². The van der Waals surface area contributed by atoms with E-state index < -0.39 is 0 Å². The quantitative estimate of drug-likeness (QED) is 0.553. The minimum Gasteiger partial charge on any atom is -0.340 e. The maximum absolute atomic E-state index is 13.1. The van der Waals surface area contributed by atoms with E-state index in [0.717, 1.165) is 49.4 Å². The summed E-state index contributed by atoms with van der Waals surface area (Å²) in [6.07, 6.45) is 1.73. The first-order valence-corrected chi connectivity index (χ1v) is 10.7. The maximum Gasteiger partial charge on any atom is 0.262 e. The van der Waals surface area contributed by atoms with E-state index in [1.807, 2.05) is 24.3 Å². The number of nitrogens with zero attached hydrogens (tertiary/aromatic N) is 4. The van der Waals surface area contributed by atoms with Gasteiger partial charge in [-0.3, -0.25) is 9.78 Å². The van der Waals surface area contributed by atoms with Crippen LogP contribution in [0.15, 0.2) is 71.7 Å². The largest absolute Gasteiger partial charge is 0.340 e. The van der Waals surface area contributed by atoms with E-state index in [1.54, 1.807) is 6.20 Å². The van der Waals surface area contributed by atoms with Crippen molar-refractivity contribution < 1.29 is 0 Å². The number of piperazine rings is 1. The standard InChI is InChI=1S/C25H25N5O/c1-2-29-14-16-30(17-15-29)25-27-23-22(24(31)28-25)21(12-13-26-23)20-10-8-19(9-11-20)18-6-4-3-5-7-18/h3-13H,2,14-17H2,1H3,(H,26,27,28,31). The lowest BCUT2D eigenvalue weighted by atomic mass is 9.99. The Morgan fingerprint density at radius 1 is 0.871 bits per heavy atom. The lowest BCUT2D eigenvalue weighted by Crippen LogP contribution is -2.47. The van der Waals surface area contributed by atoms with Gasteiger partial charge in [-0.15, -0.1) is 0 Å². The number of rotatable bonds is 4. The van der Waals surface area contributed by atoms with Gasteiger partial charge in [-0.2, -0.15) is 4.98 Å². The Hall–Kier alpha value is -3.51. The molecule has 0 amide bonds. The second kappa shape index (κ2) is 8.32. The van der Waals surface area contributed by atoms with E-state index in [2.05, 4.69) is 63.1 Å². The molecule has 2 aromatic carbocycles. The predicted octanol–water partition coefficient (Wildman–Crippen LogP) is 3.79. The van der Waals surface area contributed by atoms with Crippen molar-refractivity contribution in [3.8, 4) is 22.3 Å². The Balaban J connectivity index is 1.50. The van der Waals surface area contributed by atoms with Gasteiger partial charge in [-0.05, 0) is 34.9 Å². The molecule has 0 bridgehead atoms. The molecule has 2 aromatic heterocycles. The fourth-order valence-corrected chi connectivity index (χ4v) is 4.19. The third-order valence-electron chi connectivity index (χ3n) is 6.02. The van der Waals surface area contributed by atoms with E-state index >= 15 is 0 Å². The molecule has 6 heteroatoms. The average Bonchev–Trinajstić information content (AvgIpc) is 2.84. The zero-order chi connectivity index (χ0) is 21.2. The molecule has 0 radical (unpaired) electrons. The van der Waals surface area contributed by atoms with Gasteiger partial charge in [0.2, 0.25) is 5.95 Å². The van der Waals surface area contributed by atoms with Gasteiger partial charge in [0.1, 0.15) is 0 Å². The van der Waals surface area contributed by atoms with Gasteiger partial charge in [-0.1, -0.05) is 61.5 Å². The van der Waals surface area contributed by atoms with Crippen LogP contribution >= 0.6 is 0 Å². The van der Waals surface area contributed by atoms with E-state index in [1.165, 1.54) is 5.56 Å². The Kier molecular flexibility index (Phi) is 5.22. The number of pyridine rings is 1. The molecule has 3 heterocycles. The number of nitrogens with one attached hydrogen (secondary N) is 1. The van der Waals surface area contributed by atoms with Gasteiger partial charge in [0.25, 0.3) is 5.56 Å². The van der Waals surface area contributed by atoms with E-state index in [-0.39, 0.29) is 5.56 Å². The summed E-state index contributed by atoms with van der Waals surface area (Å²) in [6, 6.07) is 20.4. The SMILES string of the molecule is CCN1CCN(c2nc3nccc(-c4ccc(-c5ccccc5)cc4)c3c(=O)[nH]2)CC1. The lowest BCUT2D eigenvalue weighted by Gasteiger charge is -2.34. The van der Waals surface area contributed by atoms with Crippen molar-refractivity contribution in [2.45, 2.75) is 6.92 Å². The number of aromatic amines is 1. The summed E-state index contributed by atoms with van der Waals surface area (Å²) >= 11 is 0. The summed E-state index contributed by atoms with van der Waals surface area (Å²) in [7, 11) is 0. The van der Waals surface area contributed by atoms with Crippen LogP contribution in [0.5, 0.6) is 0 Å². The molecule has 4 aromatic rings. The summed E-state index contributed by atoms with van der Waals surface area (Å²) in [5.41, 5.74) is 4.48. The Morgan fingerprint density at radius 3 is 2.26 bits per heavy atom. The van der Waals surface area contributed by atoms with Crippen molar-refractivity contribution in [2.75, 3.05) is 37.6 Å². The van der Waals surface area contributed by atoms with Crippen molar-refractivity contribution in [1.82, 2.24) is 19.9 Å². The van der Waals surface area contributed by atoms with Crippen LogP contribution in [0, 0.1) is 0 Å². The first-order chi connectivity index (χ1) is 15.2. The molecule has 0 atom stereocenters. The second-order valence-electron chi connectivity index (χ2n) is 7.81. The summed E-state index contributed by atoms with van der Waals surface area (Å²) in [4.78, 5) is 29.7. The molecule has 1 saturated heterocycles. The van der Waals surface area contributed by atoms with Crippen molar-refractivity contribution in [3.63, 3.8) is 0 Å². The van der Waals surface area contributed by atoms with Gasteiger partial charge < -0.3 is 9.80 Å². The van der Waals surface area contributed by atoms with Crippen LogP contribution in [-0.2, 0) is 0 Å². The van der Waals surface area contributed by atoms with Crippen LogP contribution in [0.4, 0.5) is 5.95 Å². The lowest BCUT2D eigenvalue weighted by molar-refractivity contribution is 0.270. The number of hydrogen-bond acceptors (Lipinski definition) is 5. The van der Waals surface area contributed by atoms with E-state index in [0.29, 0.717) is 17.0 Å². The molecule has 6 nitrogen and oxygen atoms in total. The molecule has 1 N–H and O–H groups in total. The summed E-state index contributed by atoms with van der Waals surface area (Å²) in [6.45, 7) is 6.86. The molecule has 5 rings (SSSR count). The maximum atomic E-state index is 13.1. The molecule has 1 aliphatic rings. The molecule has 156 valence electrons. The van der Waals surface area contributed by atoms with Crippen LogP contribution in [0.1, 0.15) is 6.92 Å². The predicted molar refractivity (Wildman–Crippen MR) is 125 cm³/mol. The number of fused-ring (bicyclic) bond motifs is 1. The monoisotopic (exact) mass is 411 g/mol. The van der Waals surface area contributed by atoms with E-state index in [4.69, 9.17) is 4.98 Å². The fourth-order valence-electron chi connectivity index (χ4n) is 4.19. The zero-order valence-electron chi connectivity index (χ0n) is 17.6. The van der Waals surface area contributed by atoms with Crippen LogP contribution in [0.3, 0.4) is 0 Å². The van der Waals surface area contributed by atoms with E-state index in [9.17, 15) is 4.79 Å². The van der Waals surface area contributed by atoms with Crippen LogP contribution < -0.4 is 10.5 Å². The molecule has 0 aliphatic carbocycles. The number of anilines is 1. The summed E-state index contributed by atoms with van der Waals surface area (Å²) < 4.78 is 0. The van der Waals surface area contributed by atoms with Crippen molar-refractivity contribution in [3.05, 3.63) is 77.2 Å². The van der Waals surface area contributed by atoms with Crippen molar-refractivity contribution in [2.24, 2.45) is 0 Å². The minimum atomic E-state index is -0.145. The van der Waals surface area contributed by atoms with Gasteiger partial charge >= 0.3 is 0 Å². The number of H-pyrrole nitrogens is 1. The number of aromatic nitrogens is 3. The Bertz CT molecular complexity index is 1240. The molecule has 0 unspecified atom stereocenters. The highest BCUT2D eigenvalue weighted by molar-refractivity contribution is 5.92. The Morgan fingerprint density at radius 2 is 1.55 bits per heavy atom. The molecule has 0 saturated carbocycles. The smallest absolute Gasteiger partial charge is 0.262 e. The highest BCUT2D eigenvalue weighted by Gasteiger charge is 2.19. The highest BCUT2D eigenvalue weighted by Crippen LogP contribution is 2.28. The third-order valence-corrected chi connectivity index (χ3v) is 6.02. The van der Waals surface area contributed by atoms with Crippen LogP contribution in [0.25, 0.3) is 33.3 Å². The molecule has 31 heavy (non-hydrogen) atoms. The number of benzene rings is 2. The normalized spacial score (nSPS) is 14.8. The summed E-state index contributed by atoms with van der Waals surface area (Å²) in [5, 5.41) is 0.533. The van der Waals surface area contributed by atoms with Gasteiger partial charge in [0, 0.05) is 32.4 Å². The first kappa shape index (κ1) is 19.5. The van der Waals surface area contributed by atoms with Crippen molar-refractivity contribution >= 4 is 17.0 Å². The molecule has 1 aliphatic heterocycles. The molecular formula is C25H25N5O. The number of hydrogen-bond donors (Lipinski definition) is 1. The topological polar surface area (TPSA) is 65.1 Å².